The molecule has 2 aromatic heterocycles. The molecule has 1 saturated heterocycles. The van der Waals surface area contributed by atoms with Crippen LogP contribution in [0.1, 0.15) is 24.4 Å². The molecule has 3 atom stereocenters. The van der Waals surface area contributed by atoms with E-state index in [-0.39, 0.29) is 41.2 Å². The minimum absolute atomic E-state index is 0.0224. The molecule has 2 aliphatic heterocycles. The summed E-state index contributed by atoms with van der Waals surface area (Å²) in [4.78, 5) is 71.6. The second kappa shape index (κ2) is 15.4. The standard InChI is InChI=1S/C24H28N10O7S4/c25-10(3-4-14(26)35)19(36)29-6-7-42-8-11-12(2-1-5-28-11)44-13-9-43-22-16(21(38)34(22)17(13)23(39)40)30-20(37)15(32-41)18-31-24(27)45-33-18/h1-2,5,10,16,22,41H,3-4,6-9,25H2,(H2,26,35)(H,29,36)(H,30,37)(H,39,40)(H2,27,31,33)/b32-15-/t10-,16+,22-/m0/s1. The number of anilines is 1. The second-order valence-electron chi connectivity index (χ2n) is 9.35. The molecule has 0 bridgehead atoms. The van der Waals surface area contributed by atoms with Crippen molar-refractivity contribution in [2.45, 2.75) is 40.9 Å². The first kappa shape index (κ1) is 34.0. The van der Waals surface area contributed by atoms with Crippen LogP contribution in [0.3, 0.4) is 0 Å². The molecule has 17 nitrogen and oxygen atoms in total. The molecular weight excluding hydrogens is 669 g/mol. The number of rotatable bonds is 15. The van der Waals surface area contributed by atoms with Crippen LogP contribution in [0.15, 0.2) is 39.0 Å². The first-order valence-corrected chi connectivity index (χ1v) is 16.9. The number of nitrogens with zero attached hydrogens (tertiary/aromatic N) is 5. The van der Waals surface area contributed by atoms with E-state index >= 15 is 0 Å². The number of carboxylic acid groups (broad SMARTS) is 1. The number of carboxylic acids is 1. The van der Waals surface area contributed by atoms with Gasteiger partial charge in [-0.15, -0.1) is 11.8 Å². The molecule has 0 unspecified atom stereocenters. The fourth-order valence-corrected chi connectivity index (χ4v) is 8.05. The van der Waals surface area contributed by atoms with Crippen LogP contribution in [0.4, 0.5) is 5.13 Å². The lowest BCUT2D eigenvalue weighted by molar-refractivity contribution is -0.150. The lowest BCUT2D eigenvalue weighted by atomic mass is 10.0. The van der Waals surface area contributed by atoms with Gasteiger partial charge in [0.05, 0.1) is 11.7 Å². The summed E-state index contributed by atoms with van der Waals surface area (Å²) in [6.45, 7) is 0.337. The molecule has 45 heavy (non-hydrogen) atoms. The summed E-state index contributed by atoms with van der Waals surface area (Å²) in [7, 11) is 0. The molecule has 10 N–H and O–H groups in total. The molecule has 4 heterocycles. The number of aliphatic carboxylic acids is 1. The number of nitrogen functional groups attached to an aromatic ring is 1. The number of thioether (sulfide) groups is 3. The zero-order chi connectivity index (χ0) is 32.7. The number of nitrogens with one attached hydrogen (secondary N) is 2. The van der Waals surface area contributed by atoms with Crippen LogP contribution in [0, 0.1) is 0 Å². The first-order chi connectivity index (χ1) is 21.5. The first-order valence-electron chi connectivity index (χ1n) is 13.1. The quantitative estimate of drug-likeness (QED) is 0.0391. The summed E-state index contributed by atoms with van der Waals surface area (Å²) >= 11 is 4.75. The molecule has 4 rings (SSSR count). The molecular formula is C24H28N10O7S4. The minimum Gasteiger partial charge on any atom is -0.477 e. The summed E-state index contributed by atoms with van der Waals surface area (Å²) in [5.41, 5.74) is 16.3. The van der Waals surface area contributed by atoms with Gasteiger partial charge in [-0.3, -0.25) is 29.1 Å². The number of hydrogen-bond acceptors (Lipinski definition) is 16. The molecule has 4 amide bonds. The van der Waals surface area contributed by atoms with Crippen LogP contribution in [0.2, 0.25) is 0 Å². The van der Waals surface area contributed by atoms with E-state index in [1.165, 1.54) is 35.3 Å². The van der Waals surface area contributed by atoms with E-state index in [9.17, 15) is 34.3 Å². The Labute approximate surface area is 272 Å². The van der Waals surface area contributed by atoms with Crippen LogP contribution in [0.5, 0.6) is 0 Å². The molecule has 1 fully saturated rings. The number of β-lactam (4-membered cyclic amide) rings is 1. The third-order valence-corrected chi connectivity index (χ3v) is 10.4. The van der Waals surface area contributed by atoms with Crippen molar-refractivity contribution in [3.05, 3.63) is 40.5 Å². The summed E-state index contributed by atoms with van der Waals surface area (Å²) in [5, 5.41) is 26.8. The van der Waals surface area contributed by atoms with E-state index in [1.807, 2.05) is 0 Å². The highest BCUT2D eigenvalue weighted by molar-refractivity contribution is 8.06. The van der Waals surface area contributed by atoms with Gasteiger partial charge in [0.2, 0.25) is 23.4 Å². The highest BCUT2D eigenvalue weighted by Gasteiger charge is 2.54. The number of fused-ring (bicyclic) bond motifs is 1. The Bertz CT molecular complexity index is 1550. The number of aromatic nitrogens is 3. The molecule has 240 valence electrons. The predicted molar refractivity (Wildman–Crippen MR) is 168 cm³/mol. The summed E-state index contributed by atoms with van der Waals surface area (Å²) < 4.78 is 3.83. The summed E-state index contributed by atoms with van der Waals surface area (Å²) in [6, 6.07) is 1.62. The van der Waals surface area contributed by atoms with Gasteiger partial charge in [0, 0.05) is 57.8 Å². The molecule has 0 spiro atoms. The molecule has 0 radical (unpaired) electrons. The van der Waals surface area contributed by atoms with Crippen LogP contribution >= 0.6 is 46.8 Å². The van der Waals surface area contributed by atoms with Crippen LogP contribution in [-0.4, -0.2) is 100 Å². The Kier molecular flexibility index (Phi) is 11.6. The van der Waals surface area contributed by atoms with Crippen LogP contribution in [0.25, 0.3) is 0 Å². The lowest BCUT2D eigenvalue weighted by Crippen LogP contribution is -2.71. The fraction of sp³-hybridized carbons (Fsp3) is 0.375. The zero-order valence-electron chi connectivity index (χ0n) is 23.2. The highest BCUT2D eigenvalue weighted by Crippen LogP contribution is 2.45. The SMILES string of the molecule is NC(=O)CC[C@H](N)C(=O)NCCSCc1ncccc1SC1=C(C(=O)O)N2C(=O)[C@@H](NC(=O)/C(=N\O)c3nsc(N)n3)[C@@H]2SC1. The van der Waals surface area contributed by atoms with Gasteiger partial charge < -0.3 is 38.1 Å². The zero-order valence-corrected chi connectivity index (χ0v) is 26.5. The lowest BCUT2D eigenvalue weighted by Gasteiger charge is -2.49. The van der Waals surface area contributed by atoms with Gasteiger partial charge in [0.1, 0.15) is 17.1 Å². The highest BCUT2D eigenvalue weighted by atomic mass is 32.2. The number of carbonyl (C=O) groups excluding carboxylic acids is 4. The molecule has 0 saturated carbocycles. The monoisotopic (exact) mass is 696 g/mol. The third kappa shape index (κ3) is 8.22. The number of oxime groups is 1. The summed E-state index contributed by atoms with van der Waals surface area (Å²) in [6.07, 6.45) is 1.80. The second-order valence-corrected chi connectivity index (χ2v) is 13.5. The number of amides is 4. The number of carbonyl (C=O) groups is 5. The van der Waals surface area contributed by atoms with E-state index in [1.54, 1.807) is 18.3 Å². The van der Waals surface area contributed by atoms with E-state index in [0.717, 1.165) is 16.4 Å². The van der Waals surface area contributed by atoms with Crippen molar-refractivity contribution in [3.63, 3.8) is 0 Å². The number of pyridine rings is 1. The van der Waals surface area contributed by atoms with Crippen molar-refractivity contribution < 1.29 is 34.3 Å². The summed E-state index contributed by atoms with van der Waals surface area (Å²) in [5.74, 6) is -2.73. The Morgan fingerprint density at radius 1 is 1.29 bits per heavy atom. The maximum absolute atomic E-state index is 13.1. The molecule has 21 heteroatoms. The van der Waals surface area contributed by atoms with Crippen molar-refractivity contribution in [2.75, 3.05) is 23.8 Å². The van der Waals surface area contributed by atoms with Gasteiger partial charge in [-0.1, -0.05) is 16.9 Å². The van der Waals surface area contributed by atoms with Crippen LogP contribution < -0.4 is 27.8 Å². The number of nitrogens with two attached hydrogens (primary N) is 3. The number of primary amides is 1. The minimum atomic E-state index is -1.30. The van der Waals surface area contributed by atoms with E-state index in [2.05, 4.69) is 30.1 Å². The average Bonchev–Trinajstić information content (AvgIpc) is 3.44. The van der Waals surface area contributed by atoms with Gasteiger partial charge in [0.25, 0.3) is 11.8 Å². The Morgan fingerprint density at radius 3 is 2.73 bits per heavy atom. The largest absolute Gasteiger partial charge is 0.477 e. The predicted octanol–water partition coefficient (Wildman–Crippen LogP) is -0.876. The average molecular weight is 697 g/mol. The van der Waals surface area contributed by atoms with E-state index in [4.69, 9.17) is 17.2 Å². The van der Waals surface area contributed by atoms with Crippen molar-refractivity contribution in [1.82, 2.24) is 29.9 Å². The Hall–Kier alpha value is -3.92. The third-order valence-electron chi connectivity index (χ3n) is 6.30. The molecule has 0 aromatic carbocycles. The fourth-order valence-electron chi connectivity index (χ4n) is 4.13. The maximum Gasteiger partial charge on any atom is 0.353 e. The van der Waals surface area contributed by atoms with Gasteiger partial charge >= 0.3 is 5.97 Å². The smallest absolute Gasteiger partial charge is 0.353 e. The van der Waals surface area contributed by atoms with Gasteiger partial charge in [-0.25, -0.2) is 4.79 Å². The van der Waals surface area contributed by atoms with Crippen molar-refractivity contribution in [3.8, 4) is 0 Å². The topological polar surface area (TPSA) is 282 Å². The molecule has 2 aromatic rings. The molecule has 2 aliphatic rings. The van der Waals surface area contributed by atoms with Gasteiger partial charge in [-0.2, -0.15) is 21.1 Å². The van der Waals surface area contributed by atoms with Crippen molar-refractivity contribution >= 4 is 87.3 Å². The van der Waals surface area contributed by atoms with Gasteiger partial charge in [0.15, 0.2) is 5.13 Å². The van der Waals surface area contributed by atoms with Crippen molar-refractivity contribution in [2.24, 2.45) is 16.6 Å². The Morgan fingerprint density at radius 2 is 2.07 bits per heavy atom. The van der Waals surface area contributed by atoms with Crippen LogP contribution in [-0.2, 0) is 29.7 Å². The maximum atomic E-state index is 13.1. The van der Waals surface area contributed by atoms with E-state index < -0.39 is 46.9 Å². The normalized spacial score (nSPS) is 18.6. The number of hydrogen-bond donors (Lipinski definition) is 7. The van der Waals surface area contributed by atoms with Gasteiger partial charge in [-0.05, 0) is 18.6 Å². The Balaban J connectivity index is 1.36. The van der Waals surface area contributed by atoms with Crippen molar-refractivity contribution in [1.29, 1.82) is 0 Å². The molecule has 0 aliphatic carbocycles. The van der Waals surface area contributed by atoms with E-state index in [0.29, 0.717) is 33.5 Å².